The standard InChI is InChI=1S/C26H31NO6/c1-17(23(28)29)10-4-3-9-15-26(2,24(30)31)27-25(32)33-16-22-20-13-7-5-11-18(20)19-12-6-8-14-21(19)22/h5-8,11-14,17,22H,3-4,9-10,15-16H2,1-2H3,(H,27,32)(H,28,29)(H,30,31). The molecule has 0 saturated carbocycles. The van der Waals surface area contributed by atoms with Gasteiger partial charge in [-0.1, -0.05) is 74.7 Å². The molecule has 0 aliphatic heterocycles. The number of nitrogens with one attached hydrogen (secondary N) is 1. The molecule has 0 aromatic heterocycles. The van der Waals surface area contributed by atoms with E-state index in [4.69, 9.17) is 9.84 Å². The van der Waals surface area contributed by atoms with Crippen LogP contribution in [0.15, 0.2) is 48.5 Å². The summed E-state index contributed by atoms with van der Waals surface area (Å²) >= 11 is 0. The van der Waals surface area contributed by atoms with Gasteiger partial charge in [-0.15, -0.1) is 0 Å². The van der Waals surface area contributed by atoms with Crippen LogP contribution in [0.25, 0.3) is 11.1 Å². The average molecular weight is 454 g/mol. The molecule has 3 rings (SSSR count). The van der Waals surface area contributed by atoms with Gasteiger partial charge < -0.3 is 20.3 Å². The van der Waals surface area contributed by atoms with Gasteiger partial charge >= 0.3 is 18.0 Å². The van der Waals surface area contributed by atoms with Gasteiger partial charge in [0, 0.05) is 5.92 Å². The van der Waals surface area contributed by atoms with E-state index in [-0.39, 0.29) is 18.9 Å². The summed E-state index contributed by atoms with van der Waals surface area (Å²) in [5, 5.41) is 21.2. The smallest absolute Gasteiger partial charge is 0.408 e. The van der Waals surface area contributed by atoms with E-state index in [1.165, 1.54) is 6.92 Å². The molecule has 0 radical (unpaired) electrons. The average Bonchev–Trinajstić information content (AvgIpc) is 3.11. The number of alkyl carbamates (subject to hydrolysis) is 1. The molecule has 0 heterocycles. The molecule has 3 N–H and O–H groups in total. The third kappa shape index (κ3) is 5.72. The molecule has 2 unspecified atom stereocenters. The van der Waals surface area contributed by atoms with E-state index in [0.717, 1.165) is 22.3 Å². The lowest BCUT2D eigenvalue weighted by molar-refractivity contribution is -0.144. The normalized spacial score (nSPS) is 15.1. The number of aliphatic carboxylic acids is 2. The number of carboxylic acids is 2. The predicted molar refractivity (Wildman–Crippen MR) is 124 cm³/mol. The molecule has 1 aliphatic carbocycles. The van der Waals surface area contributed by atoms with Crippen LogP contribution < -0.4 is 5.32 Å². The zero-order valence-corrected chi connectivity index (χ0v) is 19.0. The highest BCUT2D eigenvalue weighted by Crippen LogP contribution is 2.44. The van der Waals surface area contributed by atoms with E-state index < -0.39 is 29.5 Å². The molecule has 0 saturated heterocycles. The molecule has 7 nitrogen and oxygen atoms in total. The Kier molecular flexibility index (Phi) is 7.74. The minimum Gasteiger partial charge on any atom is -0.481 e. The quantitative estimate of drug-likeness (QED) is 0.411. The number of carbonyl (C=O) groups excluding carboxylic acids is 1. The van der Waals surface area contributed by atoms with E-state index in [2.05, 4.69) is 5.32 Å². The Labute approximate surface area is 193 Å². The lowest BCUT2D eigenvalue weighted by Gasteiger charge is -2.26. The number of benzene rings is 2. The number of hydrogen-bond acceptors (Lipinski definition) is 4. The minimum absolute atomic E-state index is 0.101. The Balaban J connectivity index is 1.55. The predicted octanol–water partition coefficient (Wildman–Crippen LogP) is 5.04. The van der Waals surface area contributed by atoms with Crippen LogP contribution >= 0.6 is 0 Å². The number of unbranched alkanes of at least 4 members (excludes halogenated alkanes) is 2. The molecule has 176 valence electrons. The molecule has 33 heavy (non-hydrogen) atoms. The number of carbonyl (C=O) groups is 3. The van der Waals surface area contributed by atoms with Crippen LogP contribution in [0, 0.1) is 5.92 Å². The van der Waals surface area contributed by atoms with Crippen molar-refractivity contribution in [3.63, 3.8) is 0 Å². The second-order valence-electron chi connectivity index (χ2n) is 8.93. The Bertz CT molecular complexity index is 974. The van der Waals surface area contributed by atoms with E-state index in [0.29, 0.717) is 25.7 Å². The molecule has 2 atom stereocenters. The largest absolute Gasteiger partial charge is 0.481 e. The molecule has 0 spiro atoms. The summed E-state index contributed by atoms with van der Waals surface area (Å²) in [6.45, 7) is 3.24. The zero-order valence-electron chi connectivity index (χ0n) is 19.0. The van der Waals surface area contributed by atoms with Gasteiger partial charge in [0.05, 0.1) is 5.92 Å². The number of rotatable bonds is 11. The Morgan fingerprint density at radius 1 is 0.970 bits per heavy atom. The van der Waals surface area contributed by atoms with Crippen LogP contribution in [-0.4, -0.2) is 40.4 Å². The van der Waals surface area contributed by atoms with Gasteiger partial charge in [0.25, 0.3) is 0 Å². The summed E-state index contributed by atoms with van der Waals surface area (Å²) in [4.78, 5) is 35.3. The van der Waals surface area contributed by atoms with Gasteiger partial charge in [-0.25, -0.2) is 9.59 Å². The van der Waals surface area contributed by atoms with Crippen molar-refractivity contribution in [1.82, 2.24) is 5.32 Å². The van der Waals surface area contributed by atoms with Crippen LogP contribution in [0.3, 0.4) is 0 Å². The number of carboxylic acid groups (broad SMARTS) is 2. The van der Waals surface area contributed by atoms with Crippen molar-refractivity contribution in [2.75, 3.05) is 6.61 Å². The van der Waals surface area contributed by atoms with Crippen LogP contribution in [0.1, 0.15) is 63.0 Å². The van der Waals surface area contributed by atoms with Crippen LogP contribution in [-0.2, 0) is 14.3 Å². The summed E-state index contributed by atoms with van der Waals surface area (Å²) in [7, 11) is 0. The molecule has 1 aliphatic rings. The van der Waals surface area contributed by atoms with Crippen molar-refractivity contribution in [3.05, 3.63) is 59.7 Å². The Morgan fingerprint density at radius 2 is 1.55 bits per heavy atom. The third-order valence-electron chi connectivity index (χ3n) is 6.43. The van der Waals surface area contributed by atoms with Gasteiger partial charge in [-0.2, -0.15) is 0 Å². The summed E-state index contributed by atoms with van der Waals surface area (Å²) in [5.74, 6) is -2.48. The summed E-state index contributed by atoms with van der Waals surface area (Å²) in [6, 6.07) is 16.0. The molecular formula is C26H31NO6. The minimum atomic E-state index is -1.46. The zero-order chi connectivity index (χ0) is 24.0. The number of fused-ring (bicyclic) bond motifs is 3. The maximum absolute atomic E-state index is 12.5. The van der Waals surface area contributed by atoms with Gasteiger partial charge in [0.2, 0.25) is 0 Å². The molecule has 2 aromatic rings. The fraction of sp³-hybridized carbons (Fsp3) is 0.423. The molecule has 0 bridgehead atoms. The fourth-order valence-electron chi connectivity index (χ4n) is 4.31. The van der Waals surface area contributed by atoms with Crippen molar-refractivity contribution in [1.29, 1.82) is 0 Å². The lowest BCUT2D eigenvalue weighted by atomic mass is 9.93. The molecule has 2 aromatic carbocycles. The topological polar surface area (TPSA) is 113 Å². The highest BCUT2D eigenvalue weighted by atomic mass is 16.5. The van der Waals surface area contributed by atoms with Crippen molar-refractivity contribution >= 4 is 18.0 Å². The summed E-state index contributed by atoms with van der Waals surface area (Å²) in [6.07, 6.45) is 1.94. The van der Waals surface area contributed by atoms with E-state index in [1.807, 2.05) is 48.5 Å². The summed E-state index contributed by atoms with van der Waals surface area (Å²) in [5.41, 5.74) is 2.96. The first-order chi connectivity index (χ1) is 15.7. The van der Waals surface area contributed by atoms with Crippen molar-refractivity contribution in [3.8, 4) is 11.1 Å². The Hall–Kier alpha value is -3.35. The van der Waals surface area contributed by atoms with Crippen LogP contribution in [0.4, 0.5) is 4.79 Å². The second kappa shape index (κ2) is 10.5. The first-order valence-electron chi connectivity index (χ1n) is 11.3. The van der Waals surface area contributed by atoms with Crippen LogP contribution in [0.5, 0.6) is 0 Å². The maximum Gasteiger partial charge on any atom is 0.408 e. The number of hydrogen-bond donors (Lipinski definition) is 3. The molecule has 7 heteroatoms. The molecule has 0 fully saturated rings. The van der Waals surface area contributed by atoms with Gasteiger partial charge in [0.15, 0.2) is 0 Å². The Morgan fingerprint density at radius 3 is 2.09 bits per heavy atom. The van der Waals surface area contributed by atoms with E-state index in [9.17, 15) is 19.5 Å². The van der Waals surface area contributed by atoms with Gasteiger partial charge in [0.1, 0.15) is 12.1 Å². The van der Waals surface area contributed by atoms with Crippen molar-refractivity contribution in [2.45, 2.75) is 57.4 Å². The van der Waals surface area contributed by atoms with Crippen molar-refractivity contribution < 1.29 is 29.3 Å². The number of amides is 1. The number of ether oxygens (including phenoxy) is 1. The van der Waals surface area contributed by atoms with Gasteiger partial charge in [-0.05, 0) is 42.0 Å². The van der Waals surface area contributed by atoms with E-state index in [1.54, 1.807) is 6.92 Å². The third-order valence-corrected chi connectivity index (χ3v) is 6.43. The molecular weight excluding hydrogens is 422 g/mol. The molecule has 1 amide bonds. The first-order valence-corrected chi connectivity index (χ1v) is 11.3. The van der Waals surface area contributed by atoms with E-state index >= 15 is 0 Å². The maximum atomic E-state index is 12.5. The van der Waals surface area contributed by atoms with Crippen LogP contribution in [0.2, 0.25) is 0 Å². The SMILES string of the molecule is CC(CCCCCC(C)(NC(=O)OCC1c2ccccc2-c2ccccc21)C(=O)O)C(=O)O. The highest BCUT2D eigenvalue weighted by Gasteiger charge is 2.36. The highest BCUT2D eigenvalue weighted by molar-refractivity contribution is 5.84. The van der Waals surface area contributed by atoms with Crippen molar-refractivity contribution in [2.24, 2.45) is 5.92 Å². The second-order valence-corrected chi connectivity index (χ2v) is 8.93. The monoisotopic (exact) mass is 453 g/mol. The first kappa shape index (κ1) is 24.3. The van der Waals surface area contributed by atoms with Gasteiger partial charge in [-0.3, -0.25) is 4.79 Å². The lowest BCUT2D eigenvalue weighted by Crippen LogP contribution is -2.52. The summed E-state index contributed by atoms with van der Waals surface area (Å²) < 4.78 is 5.49. The fourth-order valence-corrected chi connectivity index (χ4v) is 4.31.